The van der Waals surface area contributed by atoms with Crippen molar-refractivity contribution in [1.82, 2.24) is 0 Å². The molecule has 0 bridgehead atoms. The molecule has 0 aromatic heterocycles. The van der Waals surface area contributed by atoms with Gasteiger partial charge in [0.15, 0.2) is 0 Å². The lowest BCUT2D eigenvalue weighted by molar-refractivity contribution is 0.237. The van der Waals surface area contributed by atoms with Crippen molar-refractivity contribution in [3.05, 3.63) is 54.1 Å². The summed E-state index contributed by atoms with van der Waals surface area (Å²) in [4.78, 5) is 0. The molecule has 3 rings (SSSR count). The Bertz CT molecular complexity index is 542. The lowest BCUT2D eigenvalue weighted by Gasteiger charge is -2.24. The van der Waals surface area contributed by atoms with Crippen molar-refractivity contribution in [3.63, 3.8) is 0 Å². The van der Waals surface area contributed by atoms with Crippen molar-refractivity contribution in [3.8, 4) is 11.5 Å². The summed E-state index contributed by atoms with van der Waals surface area (Å²) in [7, 11) is 1.31. The average Bonchev–Trinajstić information content (AvgIpc) is 2.47. The number of rotatable bonds is 2. The van der Waals surface area contributed by atoms with E-state index in [0.29, 0.717) is 6.61 Å². The molecule has 2 aromatic carbocycles. The number of ether oxygens (including phenoxy) is 1. The summed E-state index contributed by atoms with van der Waals surface area (Å²) in [5.41, 5.74) is 2.06. The van der Waals surface area contributed by atoms with Gasteiger partial charge in [0.05, 0.1) is 13.7 Å². The third-order valence-corrected chi connectivity index (χ3v) is 2.97. The van der Waals surface area contributed by atoms with Crippen LogP contribution in [0.3, 0.4) is 0 Å². The van der Waals surface area contributed by atoms with Gasteiger partial charge in [-0.05, 0) is 17.6 Å². The predicted octanol–water partition coefficient (Wildman–Crippen LogP) is 2.00. The summed E-state index contributed by atoms with van der Waals surface area (Å²) in [5.74, 6) is 1.62. The van der Waals surface area contributed by atoms with E-state index in [1.807, 2.05) is 48.5 Å². The number of benzene rings is 2. The van der Waals surface area contributed by atoms with Crippen molar-refractivity contribution in [2.75, 3.05) is 7.11 Å². The molecule has 0 atom stereocenters. The molecule has 0 fully saturated rings. The first-order valence-corrected chi connectivity index (χ1v) is 5.87. The van der Waals surface area contributed by atoms with E-state index in [2.05, 4.69) is 0 Å². The molecular formula is C14H13BO3. The van der Waals surface area contributed by atoms with Crippen molar-refractivity contribution in [2.24, 2.45) is 0 Å². The third kappa shape index (κ3) is 2.07. The summed E-state index contributed by atoms with van der Waals surface area (Å²) in [5, 5.41) is 0. The van der Waals surface area contributed by atoms with Crippen LogP contribution >= 0.6 is 0 Å². The van der Waals surface area contributed by atoms with E-state index in [9.17, 15) is 0 Å². The van der Waals surface area contributed by atoms with E-state index in [4.69, 9.17) is 14.0 Å². The lowest BCUT2D eigenvalue weighted by atomic mass is 9.78. The minimum atomic E-state index is -0.342. The molecule has 0 amide bonds. The van der Waals surface area contributed by atoms with Gasteiger partial charge in [0, 0.05) is 11.6 Å². The number of methoxy groups -OCH3 is 1. The van der Waals surface area contributed by atoms with Crippen LogP contribution < -0.4 is 14.9 Å². The highest BCUT2D eigenvalue weighted by Gasteiger charge is 2.29. The third-order valence-electron chi connectivity index (χ3n) is 2.97. The molecule has 1 aliphatic heterocycles. The van der Waals surface area contributed by atoms with Crippen molar-refractivity contribution in [2.45, 2.75) is 6.61 Å². The standard InChI is InChI=1S/C14H13BO3/c1-16-13-8-7-11-10-17-15(18-14(11)9-13)12-5-3-2-4-6-12/h2-9H,10H2,1H3. The molecule has 2 aromatic rings. The summed E-state index contributed by atoms with van der Waals surface area (Å²) in [6.07, 6.45) is 0. The zero-order chi connectivity index (χ0) is 12.4. The molecule has 0 unspecified atom stereocenters. The van der Waals surface area contributed by atoms with E-state index < -0.39 is 0 Å². The second-order valence-electron chi connectivity index (χ2n) is 4.15. The van der Waals surface area contributed by atoms with E-state index in [1.54, 1.807) is 7.11 Å². The molecule has 18 heavy (non-hydrogen) atoms. The molecule has 3 nitrogen and oxygen atoms in total. The van der Waals surface area contributed by atoms with E-state index in [0.717, 1.165) is 22.5 Å². The normalized spacial score (nSPS) is 13.7. The molecule has 0 saturated heterocycles. The maximum Gasteiger partial charge on any atom is 0.563 e. The molecule has 1 aliphatic rings. The minimum absolute atomic E-state index is 0.342. The van der Waals surface area contributed by atoms with Gasteiger partial charge in [-0.3, -0.25) is 0 Å². The Morgan fingerprint density at radius 2 is 1.94 bits per heavy atom. The fourth-order valence-electron chi connectivity index (χ4n) is 1.98. The highest BCUT2D eigenvalue weighted by Crippen LogP contribution is 2.29. The molecule has 0 saturated carbocycles. The first-order chi connectivity index (χ1) is 8.86. The maximum atomic E-state index is 5.86. The van der Waals surface area contributed by atoms with Crippen LogP contribution in [0.4, 0.5) is 0 Å². The number of fused-ring (bicyclic) bond motifs is 1. The average molecular weight is 240 g/mol. The van der Waals surface area contributed by atoms with Gasteiger partial charge in [-0.25, -0.2) is 0 Å². The molecule has 90 valence electrons. The summed E-state index contributed by atoms with van der Waals surface area (Å²) in [6, 6.07) is 15.7. The summed E-state index contributed by atoms with van der Waals surface area (Å²) in [6.45, 7) is 0.554. The van der Waals surface area contributed by atoms with Crippen LogP contribution in [0.25, 0.3) is 0 Å². The highest BCUT2D eigenvalue weighted by atomic mass is 16.6. The molecule has 1 heterocycles. The molecule has 0 radical (unpaired) electrons. The Labute approximate surface area is 106 Å². The van der Waals surface area contributed by atoms with Crippen LogP contribution in [0, 0.1) is 0 Å². The van der Waals surface area contributed by atoms with E-state index in [1.165, 1.54) is 0 Å². The zero-order valence-corrected chi connectivity index (χ0v) is 10.1. The van der Waals surface area contributed by atoms with Crippen LogP contribution in [0.15, 0.2) is 48.5 Å². The van der Waals surface area contributed by atoms with Gasteiger partial charge >= 0.3 is 7.12 Å². The molecule has 0 N–H and O–H groups in total. The molecular weight excluding hydrogens is 227 g/mol. The van der Waals surface area contributed by atoms with Gasteiger partial charge in [0.2, 0.25) is 0 Å². The zero-order valence-electron chi connectivity index (χ0n) is 10.1. The van der Waals surface area contributed by atoms with Gasteiger partial charge in [0.25, 0.3) is 0 Å². The fraction of sp³-hybridized carbons (Fsp3) is 0.143. The van der Waals surface area contributed by atoms with Crippen LogP contribution in [0.5, 0.6) is 11.5 Å². The fourth-order valence-corrected chi connectivity index (χ4v) is 1.98. The topological polar surface area (TPSA) is 27.7 Å². The maximum absolute atomic E-state index is 5.86. The summed E-state index contributed by atoms with van der Waals surface area (Å²) < 4.78 is 16.8. The first kappa shape index (κ1) is 11.2. The van der Waals surface area contributed by atoms with E-state index in [-0.39, 0.29) is 7.12 Å². The summed E-state index contributed by atoms with van der Waals surface area (Å²) >= 11 is 0. The van der Waals surface area contributed by atoms with Gasteiger partial charge in [-0.15, -0.1) is 0 Å². The smallest absolute Gasteiger partial charge is 0.532 e. The Hall–Kier alpha value is -1.94. The second kappa shape index (κ2) is 4.74. The molecule has 0 spiro atoms. The van der Waals surface area contributed by atoms with Gasteiger partial charge < -0.3 is 14.0 Å². The first-order valence-electron chi connectivity index (χ1n) is 5.87. The largest absolute Gasteiger partial charge is 0.563 e. The molecule has 4 heteroatoms. The Morgan fingerprint density at radius 1 is 1.11 bits per heavy atom. The lowest BCUT2D eigenvalue weighted by Crippen LogP contribution is -2.42. The second-order valence-corrected chi connectivity index (χ2v) is 4.15. The quantitative estimate of drug-likeness (QED) is 0.751. The van der Waals surface area contributed by atoms with Crippen LogP contribution in [-0.2, 0) is 11.3 Å². The predicted molar refractivity (Wildman–Crippen MR) is 70.2 cm³/mol. The number of hydrogen-bond donors (Lipinski definition) is 0. The Morgan fingerprint density at radius 3 is 2.72 bits per heavy atom. The van der Waals surface area contributed by atoms with E-state index >= 15 is 0 Å². The van der Waals surface area contributed by atoms with Crippen molar-refractivity contribution < 1.29 is 14.0 Å². The monoisotopic (exact) mass is 240 g/mol. The van der Waals surface area contributed by atoms with Crippen LogP contribution in [0.2, 0.25) is 0 Å². The van der Waals surface area contributed by atoms with Crippen LogP contribution in [0.1, 0.15) is 5.56 Å². The van der Waals surface area contributed by atoms with Gasteiger partial charge in [0.1, 0.15) is 11.5 Å². The van der Waals surface area contributed by atoms with Gasteiger partial charge in [-0.2, -0.15) is 0 Å². The van der Waals surface area contributed by atoms with Gasteiger partial charge in [-0.1, -0.05) is 30.3 Å². The number of hydrogen-bond acceptors (Lipinski definition) is 3. The Balaban J connectivity index is 1.88. The SMILES string of the molecule is COc1ccc2c(c1)OB(c1ccccc1)OC2. The molecule has 0 aliphatic carbocycles. The highest BCUT2D eigenvalue weighted by molar-refractivity contribution is 6.62. The van der Waals surface area contributed by atoms with Crippen molar-refractivity contribution >= 4 is 12.6 Å². The Kier molecular flexibility index (Phi) is 2.94. The van der Waals surface area contributed by atoms with Crippen LogP contribution in [-0.4, -0.2) is 14.2 Å². The minimum Gasteiger partial charge on any atom is -0.532 e. The van der Waals surface area contributed by atoms with Crippen molar-refractivity contribution in [1.29, 1.82) is 0 Å².